The summed E-state index contributed by atoms with van der Waals surface area (Å²) in [5.74, 6) is 0.841. The Balaban J connectivity index is 1.29. The maximum atomic E-state index is 12.5. The predicted octanol–water partition coefficient (Wildman–Crippen LogP) is 1.09. The minimum Gasteiger partial charge on any atom is -0.370 e. The van der Waals surface area contributed by atoms with E-state index in [-0.39, 0.29) is 29.9 Å². The predicted molar refractivity (Wildman–Crippen MR) is 88.2 cm³/mol. The maximum Gasteiger partial charge on any atom is 0.225 e. The lowest BCUT2D eigenvalue weighted by atomic mass is 9.99. The van der Waals surface area contributed by atoms with Crippen LogP contribution >= 0.6 is 0 Å². The number of amides is 2. The zero-order valence-corrected chi connectivity index (χ0v) is 13.9. The van der Waals surface area contributed by atoms with Crippen LogP contribution in [-0.2, 0) is 20.7 Å². The molecule has 1 aliphatic carbocycles. The first-order chi connectivity index (χ1) is 11.7. The molecule has 2 aliphatic heterocycles. The summed E-state index contributed by atoms with van der Waals surface area (Å²) in [5, 5.41) is 3.06. The van der Waals surface area contributed by atoms with Gasteiger partial charge in [0, 0.05) is 37.9 Å². The van der Waals surface area contributed by atoms with E-state index in [4.69, 9.17) is 4.74 Å². The van der Waals surface area contributed by atoms with Crippen LogP contribution in [0.5, 0.6) is 0 Å². The molecule has 2 amide bonds. The summed E-state index contributed by atoms with van der Waals surface area (Å²) in [4.78, 5) is 29.9. The van der Waals surface area contributed by atoms with E-state index in [1.165, 1.54) is 12.8 Å². The molecule has 2 N–H and O–H groups in total. The van der Waals surface area contributed by atoms with Crippen molar-refractivity contribution in [2.45, 2.75) is 44.3 Å². The Morgan fingerprint density at radius 3 is 2.96 bits per heavy atom. The van der Waals surface area contributed by atoms with Gasteiger partial charge in [-0.2, -0.15) is 0 Å². The fourth-order valence-corrected chi connectivity index (χ4v) is 3.76. The number of aryl methyl sites for hydroxylation is 1. The molecular formula is C18H25N3O3. The topological polar surface area (TPSA) is 74.4 Å². The van der Waals surface area contributed by atoms with Crippen molar-refractivity contribution < 1.29 is 14.3 Å². The van der Waals surface area contributed by atoms with E-state index in [2.05, 4.69) is 10.3 Å². The van der Waals surface area contributed by atoms with Crippen LogP contribution in [0.25, 0.3) is 0 Å². The van der Waals surface area contributed by atoms with Gasteiger partial charge in [-0.3, -0.25) is 9.59 Å². The second kappa shape index (κ2) is 6.59. The van der Waals surface area contributed by atoms with Crippen LogP contribution in [0.15, 0.2) is 18.3 Å². The van der Waals surface area contributed by atoms with Gasteiger partial charge in [0.15, 0.2) is 0 Å². The summed E-state index contributed by atoms with van der Waals surface area (Å²) < 4.78 is 5.92. The second-order valence-corrected chi connectivity index (χ2v) is 7.32. The fourth-order valence-electron chi connectivity index (χ4n) is 3.76. The van der Waals surface area contributed by atoms with Gasteiger partial charge in [0.2, 0.25) is 11.8 Å². The van der Waals surface area contributed by atoms with E-state index in [1.807, 2.05) is 23.2 Å². The molecule has 1 saturated carbocycles. The third-order valence-electron chi connectivity index (χ3n) is 5.38. The zero-order valence-electron chi connectivity index (χ0n) is 13.9. The van der Waals surface area contributed by atoms with Gasteiger partial charge >= 0.3 is 0 Å². The first-order valence-electron chi connectivity index (χ1n) is 9.02. The molecule has 4 rings (SSSR count). The molecular weight excluding hydrogens is 306 g/mol. The molecule has 1 aromatic rings. The Hall–Kier alpha value is -1.82. The average molecular weight is 331 g/mol. The number of hydrogen-bond donors (Lipinski definition) is 2. The number of rotatable bonds is 6. The molecule has 3 unspecified atom stereocenters. The average Bonchev–Trinajstić information content (AvgIpc) is 3.18. The van der Waals surface area contributed by atoms with E-state index in [1.54, 1.807) is 0 Å². The highest BCUT2D eigenvalue weighted by Crippen LogP contribution is 2.33. The number of morpholine rings is 1. The molecule has 3 atom stereocenters. The molecule has 0 spiro atoms. The van der Waals surface area contributed by atoms with Crippen LogP contribution in [0.2, 0.25) is 0 Å². The normalized spacial score (nSPS) is 28.8. The summed E-state index contributed by atoms with van der Waals surface area (Å²) in [6, 6.07) is 3.94. The summed E-state index contributed by atoms with van der Waals surface area (Å²) in [5.41, 5.74) is 1.08. The van der Waals surface area contributed by atoms with Crippen molar-refractivity contribution in [1.29, 1.82) is 0 Å². The molecule has 130 valence electrons. The minimum atomic E-state index is -0.141. The van der Waals surface area contributed by atoms with E-state index < -0.39 is 0 Å². The second-order valence-electron chi connectivity index (χ2n) is 7.32. The van der Waals surface area contributed by atoms with Gasteiger partial charge in [-0.1, -0.05) is 0 Å². The highest BCUT2D eigenvalue weighted by Gasteiger charge is 2.45. The van der Waals surface area contributed by atoms with Crippen molar-refractivity contribution in [1.82, 2.24) is 15.2 Å². The van der Waals surface area contributed by atoms with Crippen LogP contribution in [0, 0.1) is 11.8 Å². The van der Waals surface area contributed by atoms with Crippen LogP contribution in [0.3, 0.4) is 0 Å². The van der Waals surface area contributed by atoms with Crippen molar-refractivity contribution in [3.63, 3.8) is 0 Å². The number of aromatic amines is 1. The number of aromatic nitrogens is 1. The smallest absolute Gasteiger partial charge is 0.225 e. The van der Waals surface area contributed by atoms with Crippen molar-refractivity contribution in [2.75, 3.05) is 19.6 Å². The highest BCUT2D eigenvalue weighted by atomic mass is 16.5. The van der Waals surface area contributed by atoms with Crippen LogP contribution in [0.1, 0.15) is 31.4 Å². The Morgan fingerprint density at radius 1 is 1.33 bits per heavy atom. The molecule has 1 aromatic heterocycles. The number of nitrogens with zero attached hydrogens (tertiary/aromatic N) is 1. The number of fused-ring (bicyclic) bond motifs is 2. The summed E-state index contributed by atoms with van der Waals surface area (Å²) in [6.07, 6.45) is 6.17. The molecule has 2 saturated heterocycles. The van der Waals surface area contributed by atoms with Crippen molar-refractivity contribution in [2.24, 2.45) is 11.8 Å². The van der Waals surface area contributed by atoms with E-state index >= 15 is 0 Å². The van der Waals surface area contributed by atoms with Crippen LogP contribution < -0.4 is 5.32 Å². The Morgan fingerprint density at radius 2 is 2.21 bits per heavy atom. The van der Waals surface area contributed by atoms with Crippen LogP contribution in [-0.4, -0.2) is 53.5 Å². The lowest BCUT2D eigenvalue weighted by Gasteiger charge is -2.32. The standard InChI is InChI=1S/C18H25N3O3/c22-17(6-5-13-2-1-7-19-13)21-10-14-8-15(16(11-21)24-14)18(23)20-9-12-3-4-12/h1-2,7,12,14-16,19H,3-6,8-11H2,(H,20,23). The van der Waals surface area contributed by atoms with Crippen molar-refractivity contribution >= 4 is 11.8 Å². The molecule has 0 radical (unpaired) electrons. The van der Waals surface area contributed by atoms with Gasteiger partial charge in [0.05, 0.1) is 18.1 Å². The first kappa shape index (κ1) is 15.7. The Kier molecular flexibility index (Phi) is 4.31. The van der Waals surface area contributed by atoms with Crippen molar-refractivity contribution in [3.8, 4) is 0 Å². The number of ether oxygens (including phenoxy) is 1. The van der Waals surface area contributed by atoms with Crippen molar-refractivity contribution in [3.05, 3.63) is 24.0 Å². The maximum absolute atomic E-state index is 12.5. The lowest BCUT2D eigenvalue weighted by molar-refractivity contribution is -0.142. The van der Waals surface area contributed by atoms with E-state index in [9.17, 15) is 9.59 Å². The number of nitrogens with one attached hydrogen (secondary N) is 2. The third kappa shape index (κ3) is 3.48. The summed E-state index contributed by atoms with van der Waals surface area (Å²) >= 11 is 0. The molecule has 6 heteroatoms. The molecule has 0 aromatic carbocycles. The quantitative estimate of drug-likeness (QED) is 0.819. The molecule has 3 fully saturated rings. The molecule has 2 bridgehead atoms. The van der Waals surface area contributed by atoms with E-state index in [0.717, 1.165) is 25.1 Å². The fraction of sp³-hybridized carbons (Fsp3) is 0.667. The Bertz CT molecular complexity index is 597. The molecule has 3 heterocycles. The SMILES string of the molecule is O=C(NCC1CC1)C1CC2CN(C(=O)CCc3ccc[nH]3)CC1O2. The monoisotopic (exact) mass is 331 g/mol. The number of carbonyl (C=O) groups is 2. The third-order valence-corrected chi connectivity index (χ3v) is 5.38. The van der Waals surface area contributed by atoms with Crippen LogP contribution in [0.4, 0.5) is 0 Å². The molecule has 24 heavy (non-hydrogen) atoms. The lowest BCUT2D eigenvalue weighted by Crippen LogP contribution is -2.48. The molecule has 6 nitrogen and oxygen atoms in total. The highest BCUT2D eigenvalue weighted by molar-refractivity contribution is 5.80. The van der Waals surface area contributed by atoms with Gasteiger partial charge < -0.3 is 19.9 Å². The molecule has 3 aliphatic rings. The number of carbonyl (C=O) groups excluding carboxylic acids is 2. The Labute approximate surface area is 141 Å². The van der Waals surface area contributed by atoms with Gasteiger partial charge in [-0.05, 0) is 43.7 Å². The van der Waals surface area contributed by atoms with Gasteiger partial charge in [-0.15, -0.1) is 0 Å². The minimum absolute atomic E-state index is 0.00913. The van der Waals surface area contributed by atoms with Gasteiger partial charge in [-0.25, -0.2) is 0 Å². The van der Waals surface area contributed by atoms with E-state index in [0.29, 0.717) is 25.4 Å². The number of likely N-dealkylation sites (tertiary alicyclic amines) is 1. The largest absolute Gasteiger partial charge is 0.370 e. The number of hydrogen-bond acceptors (Lipinski definition) is 3. The first-order valence-corrected chi connectivity index (χ1v) is 9.02. The van der Waals surface area contributed by atoms with Gasteiger partial charge in [0.1, 0.15) is 0 Å². The summed E-state index contributed by atoms with van der Waals surface area (Å²) in [6.45, 7) is 1.96. The zero-order chi connectivity index (χ0) is 16.5. The van der Waals surface area contributed by atoms with Gasteiger partial charge in [0.25, 0.3) is 0 Å². The number of H-pyrrole nitrogens is 1. The summed E-state index contributed by atoms with van der Waals surface area (Å²) in [7, 11) is 0.